The lowest BCUT2D eigenvalue weighted by atomic mass is 9.73. The molecule has 23 heavy (non-hydrogen) atoms. The standard InChI is InChI=1S/C18H27NO4/c1-5-7-14(20)17-15(21)8-12(9-16(17)22)18(4)10-13(19-23-18)11(3)6-2/h11-12,21H,5-10H2,1-4H3. The number of carbonyl (C=O) groups is 2. The molecule has 0 fully saturated rings. The average molecular weight is 321 g/mol. The molecular weight excluding hydrogens is 294 g/mol. The van der Waals surface area contributed by atoms with E-state index in [1.165, 1.54) is 0 Å². The minimum Gasteiger partial charge on any atom is -0.511 e. The van der Waals surface area contributed by atoms with Gasteiger partial charge < -0.3 is 9.94 Å². The van der Waals surface area contributed by atoms with Crippen LogP contribution in [0.2, 0.25) is 0 Å². The number of ketones is 2. The largest absolute Gasteiger partial charge is 0.511 e. The van der Waals surface area contributed by atoms with E-state index in [1.807, 2.05) is 13.8 Å². The molecule has 0 aromatic rings. The van der Waals surface area contributed by atoms with E-state index in [0.29, 0.717) is 31.6 Å². The van der Waals surface area contributed by atoms with Crippen molar-refractivity contribution in [2.45, 2.75) is 71.8 Å². The number of allylic oxidation sites excluding steroid dienone is 2. The summed E-state index contributed by atoms with van der Waals surface area (Å²) < 4.78 is 0. The lowest BCUT2D eigenvalue weighted by Crippen LogP contribution is -2.40. The van der Waals surface area contributed by atoms with E-state index in [9.17, 15) is 14.7 Å². The molecule has 1 N–H and O–H groups in total. The molecule has 2 aliphatic rings. The van der Waals surface area contributed by atoms with Gasteiger partial charge in [0.05, 0.1) is 11.3 Å². The summed E-state index contributed by atoms with van der Waals surface area (Å²) in [4.78, 5) is 30.1. The van der Waals surface area contributed by atoms with Gasteiger partial charge in [0, 0.05) is 31.6 Å². The Morgan fingerprint density at radius 2 is 2.13 bits per heavy atom. The number of Topliss-reactive ketones (excluding diaryl/α,β-unsaturated/α-hetero) is 2. The zero-order chi connectivity index (χ0) is 17.2. The second kappa shape index (κ2) is 6.85. The molecule has 0 radical (unpaired) electrons. The van der Waals surface area contributed by atoms with Crippen molar-refractivity contribution in [3.8, 4) is 0 Å². The smallest absolute Gasteiger partial charge is 0.170 e. The van der Waals surface area contributed by atoms with Crippen LogP contribution in [0.3, 0.4) is 0 Å². The number of nitrogens with zero attached hydrogens (tertiary/aromatic N) is 1. The third-order valence-corrected chi connectivity index (χ3v) is 5.14. The van der Waals surface area contributed by atoms with Gasteiger partial charge >= 0.3 is 0 Å². The molecule has 3 unspecified atom stereocenters. The molecule has 128 valence electrons. The molecule has 1 aliphatic heterocycles. The molecule has 0 saturated heterocycles. The van der Waals surface area contributed by atoms with E-state index in [4.69, 9.17) is 4.84 Å². The Hall–Kier alpha value is -1.65. The molecule has 0 amide bonds. The fourth-order valence-electron chi connectivity index (χ4n) is 3.30. The van der Waals surface area contributed by atoms with Crippen molar-refractivity contribution >= 4 is 17.3 Å². The highest BCUT2D eigenvalue weighted by molar-refractivity contribution is 6.21. The predicted octanol–water partition coefficient (Wildman–Crippen LogP) is 3.73. The van der Waals surface area contributed by atoms with E-state index < -0.39 is 5.60 Å². The molecule has 0 bridgehead atoms. The Labute approximate surface area is 137 Å². The van der Waals surface area contributed by atoms with Crippen LogP contribution in [-0.4, -0.2) is 28.0 Å². The predicted molar refractivity (Wildman–Crippen MR) is 88.3 cm³/mol. The van der Waals surface area contributed by atoms with Crippen LogP contribution >= 0.6 is 0 Å². The second-order valence-corrected chi connectivity index (χ2v) is 7.00. The van der Waals surface area contributed by atoms with Crippen molar-refractivity contribution in [1.82, 2.24) is 0 Å². The second-order valence-electron chi connectivity index (χ2n) is 7.00. The van der Waals surface area contributed by atoms with E-state index in [1.54, 1.807) is 0 Å². The third-order valence-electron chi connectivity index (χ3n) is 5.14. The van der Waals surface area contributed by atoms with Crippen molar-refractivity contribution in [2.24, 2.45) is 17.0 Å². The molecular formula is C18H27NO4. The first-order chi connectivity index (χ1) is 10.8. The summed E-state index contributed by atoms with van der Waals surface area (Å²) in [5.74, 6) is -0.395. The molecule has 5 nitrogen and oxygen atoms in total. The van der Waals surface area contributed by atoms with Crippen LogP contribution in [-0.2, 0) is 14.4 Å². The topological polar surface area (TPSA) is 76.0 Å². The highest BCUT2D eigenvalue weighted by Gasteiger charge is 2.47. The fraction of sp³-hybridized carbons (Fsp3) is 0.722. The van der Waals surface area contributed by atoms with Crippen LogP contribution in [0.1, 0.15) is 66.2 Å². The van der Waals surface area contributed by atoms with Gasteiger partial charge in [-0.05, 0) is 25.7 Å². The quantitative estimate of drug-likeness (QED) is 0.756. The minimum absolute atomic E-state index is 0.00719. The van der Waals surface area contributed by atoms with Crippen LogP contribution in [0.5, 0.6) is 0 Å². The molecule has 0 aromatic heterocycles. The maximum absolute atomic E-state index is 12.4. The van der Waals surface area contributed by atoms with Gasteiger partial charge in [-0.1, -0.05) is 25.9 Å². The molecule has 1 aliphatic carbocycles. The first kappa shape index (κ1) is 17.7. The molecule has 0 spiro atoms. The molecule has 1 heterocycles. The number of aliphatic hydroxyl groups excluding tert-OH is 1. The summed E-state index contributed by atoms with van der Waals surface area (Å²) in [6.07, 6.45) is 3.16. The van der Waals surface area contributed by atoms with Gasteiger partial charge in [0.25, 0.3) is 0 Å². The number of aliphatic hydroxyl groups is 1. The van der Waals surface area contributed by atoms with E-state index >= 15 is 0 Å². The lowest BCUT2D eigenvalue weighted by Gasteiger charge is -2.34. The van der Waals surface area contributed by atoms with Crippen LogP contribution in [0.25, 0.3) is 0 Å². The van der Waals surface area contributed by atoms with Crippen LogP contribution < -0.4 is 0 Å². The summed E-state index contributed by atoms with van der Waals surface area (Å²) in [5, 5.41) is 14.5. The lowest BCUT2D eigenvalue weighted by molar-refractivity contribution is -0.126. The van der Waals surface area contributed by atoms with Crippen molar-refractivity contribution in [3.63, 3.8) is 0 Å². The van der Waals surface area contributed by atoms with E-state index in [-0.39, 0.29) is 35.2 Å². The van der Waals surface area contributed by atoms with E-state index in [0.717, 1.165) is 12.1 Å². The first-order valence-corrected chi connectivity index (χ1v) is 8.55. The SMILES string of the molecule is CCCC(=O)C1=C(O)CC(C2(C)CC(C(C)CC)=NO2)CC1=O. The van der Waals surface area contributed by atoms with Gasteiger partial charge in [-0.2, -0.15) is 0 Å². The molecule has 5 heteroatoms. The highest BCUT2D eigenvalue weighted by Crippen LogP contribution is 2.41. The minimum atomic E-state index is -0.582. The first-order valence-electron chi connectivity index (χ1n) is 8.55. The Bertz CT molecular complexity index is 563. The maximum atomic E-state index is 12.4. The van der Waals surface area contributed by atoms with Crippen molar-refractivity contribution in [2.75, 3.05) is 0 Å². The maximum Gasteiger partial charge on any atom is 0.170 e. The number of rotatable bonds is 6. The van der Waals surface area contributed by atoms with Crippen molar-refractivity contribution in [3.05, 3.63) is 11.3 Å². The Morgan fingerprint density at radius 1 is 1.43 bits per heavy atom. The average Bonchev–Trinajstić information content (AvgIpc) is 2.90. The van der Waals surface area contributed by atoms with Crippen molar-refractivity contribution < 1.29 is 19.5 Å². The highest BCUT2D eigenvalue weighted by atomic mass is 16.7. The Morgan fingerprint density at radius 3 is 2.70 bits per heavy atom. The van der Waals surface area contributed by atoms with E-state index in [2.05, 4.69) is 19.0 Å². The van der Waals surface area contributed by atoms with Gasteiger partial charge in [0.15, 0.2) is 11.6 Å². The Kier molecular flexibility index (Phi) is 5.27. The molecule has 0 aromatic carbocycles. The normalized spacial score (nSPS) is 29.3. The van der Waals surface area contributed by atoms with Gasteiger partial charge in [0.2, 0.25) is 0 Å². The van der Waals surface area contributed by atoms with Crippen LogP contribution in [0.4, 0.5) is 0 Å². The zero-order valence-electron chi connectivity index (χ0n) is 14.5. The van der Waals surface area contributed by atoms with Gasteiger partial charge in [-0.25, -0.2) is 0 Å². The monoisotopic (exact) mass is 321 g/mol. The number of oxime groups is 1. The summed E-state index contributed by atoms with van der Waals surface area (Å²) in [7, 11) is 0. The van der Waals surface area contributed by atoms with Crippen LogP contribution in [0.15, 0.2) is 16.5 Å². The molecule has 3 atom stereocenters. The molecule has 0 saturated carbocycles. The summed E-state index contributed by atoms with van der Waals surface area (Å²) >= 11 is 0. The molecule has 2 rings (SSSR count). The number of carbonyl (C=O) groups excluding carboxylic acids is 2. The zero-order valence-corrected chi connectivity index (χ0v) is 14.5. The van der Waals surface area contributed by atoms with Gasteiger partial charge in [0.1, 0.15) is 11.4 Å². The fourth-order valence-corrected chi connectivity index (χ4v) is 3.30. The van der Waals surface area contributed by atoms with Crippen LogP contribution in [0, 0.1) is 11.8 Å². The summed E-state index contributed by atoms with van der Waals surface area (Å²) in [6.45, 7) is 8.04. The van der Waals surface area contributed by atoms with Gasteiger partial charge in [-0.15, -0.1) is 0 Å². The van der Waals surface area contributed by atoms with Gasteiger partial charge in [-0.3, -0.25) is 9.59 Å². The summed E-state index contributed by atoms with van der Waals surface area (Å²) in [6, 6.07) is 0. The number of hydrogen-bond acceptors (Lipinski definition) is 5. The van der Waals surface area contributed by atoms with Crippen molar-refractivity contribution in [1.29, 1.82) is 0 Å². The summed E-state index contributed by atoms with van der Waals surface area (Å²) in [5.41, 5.74) is 0.438. The number of hydrogen-bond donors (Lipinski definition) is 1. The third kappa shape index (κ3) is 3.48. The Balaban J connectivity index is 2.13.